The Hall–Kier alpha value is -1.87. The number of nitrogens with zero attached hydrogens (tertiary/aromatic N) is 2. The van der Waals surface area contributed by atoms with E-state index in [1.165, 1.54) is 0 Å². The molecule has 2 N–H and O–H groups in total. The number of hydrogen-bond donors (Lipinski definition) is 2. The zero-order valence-electron chi connectivity index (χ0n) is 21.4. The Bertz CT molecular complexity index is 641. The summed E-state index contributed by atoms with van der Waals surface area (Å²) in [6.07, 6.45) is 0.829. The molecule has 9 nitrogen and oxygen atoms in total. The Morgan fingerprint density at radius 1 is 0.875 bits per heavy atom. The molecule has 2 heterocycles. The Morgan fingerprint density at radius 3 is 1.84 bits per heavy atom. The van der Waals surface area contributed by atoms with Crippen LogP contribution in [0.3, 0.4) is 0 Å². The molecule has 2 aliphatic rings. The van der Waals surface area contributed by atoms with Crippen molar-refractivity contribution in [2.24, 2.45) is 5.92 Å². The summed E-state index contributed by atoms with van der Waals surface area (Å²) >= 11 is 0. The molecule has 3 atom stereocenters. The van der Waals surface area contributed by atoms with Crippen molar-refractivity contribution >= 4 is 18.0 Å². The van der Waals surface area contributed by atoms with Gasteiger partial charge in [0.15, 0.2) is 5.78 Å². The lowest BCUT2D eigenvalue weighted by molar-refractivity contribution is -0.124. The maximum Gasteiger partial charge on any atom is 0.408 e. The third-order valence-corrected chi connectivity index (χ3v) is 5.12. The fourth-order valence-electron chi connectivity index (χ4n) is 3.60. The van der Waals surface area contributed by atoms with Crippen molar-refractivity contribution in [3.05, 3.63) is 0 Å². The number of amides is 2. The van der Waals surface area contributed by atoms with E-state index in [0.717, 1.165) is 26.1 Å². The summed E-state index contributed by atoms with van der Waals surface area (Å²) in [7, 11) is 4.00. The molecule has 2 aliphatic heterocycles. The predicted octanol–water partition coefficient (Wildman–Crippen LogP) is 2.64. The summed E-state index contributed by atoms with van der Waals surface area (Å²) in [5, 5.41) is 5.57. The van der Waals surface area contributed by atoms with Gasteiger partial charge < -0.3 is 25.0 Å². The monoisotopic (exact) mass is 456 g/mol. The minimum atomic E-state index is -0.529. The lowest BCUT2D eigenvalue weighted by Gasteiger charge is -2.35. The molecular formula is C23H44N4O5. The van der Waals surface area contributed by atoms with Gasteiger partial charge in [0.2, 0.25) is 0 Å². The second-order valence-electron chi connectivity index (χ2n) is 11.0. The molecule has 0 radical (unpaired) electrons. The summed E-state index contributed by atoms with van der Waals surface area (Å²) in [6, 6.07) is -0.155. The first-order valence-electron chi connectivity index (χ1n) is 11.4. The van der Waals surface area contributed by atoms with Crippen molar-refractivity contribution in [3.8, 4) is 0 Å². The highest BCUT2D eigenvalue weighted by Crippen LogP contribution is 2.16. The first-order valence-corrected chi connectivity index (χ1v) is 11.4. The zero-order chi connectivity index (χ0) is 24.7. The Kier molecular flexibility index (Phi) is 10.4. The highest BCUT2D eigenvalue weighted by molar-refractivity contribution is 5.89. The summed E-state index contributed by atoms with van der Waals surface area (Å²) in [5.74, 6) is 0.519. The topological polar surface area (TPSA) is 100 Å². The van der Waals surface area contributed by atoms with Gasteiger partial charge in [-0.25, -0.2) is 9.59 Å². The molecule has 2 rings (SSSR count). The quantitative estimate of drug-likeness (QED) is 0.659. The number of carbonyl (C=O) groups excluding carboxylic acids is 3. The van der Waals surface area contributed by atoms with Gasteiger partial charge in [-0.2, -0.15) is 0 Å². The van der Waals surface area contributed by atoms with Gasteiger partial charge in [0.05, 0.1) is 12.6 Å². The molecule has 32 heavy (non-hydrogen) atoms. The van der Waals surface area contributed by atoms with Crippen LogP contribution in [0.5, 0.6) is 0 Å². The number of ketones is 1. The van der Waals surface area contributed by atoms with E-state index in [2.05, 4.69) is 29.5 Å². The van der Waals surface area contributed by atoms with Crippen LogP contribution in [0.25, 0.3) is 0 Å². The van der Waals surface area contributed by atoms with Crippen LogP contribution in [0.15, 0.2) is 0 Å². The van der Waals surface area contributed by atoms with Crippen molar-refractivity contribution in [2.75, 3.05) is 40.3 Å². The van der Waals surface area contributed by atoms with E-state index in [0.29, 0.717) is 18.9 Å². The van der Waals surface area contributed by atoms with Crippen molar-refractivity contribution in [2.45, 2.75) is 84.6 Å². The van der Waals surface area contributed by atoms with Gasteiger partial charge in [0, 0.05) is 19.1 Å². The van der Waals surface area contributed by atoms with E-state index < -0.39 is 23.3 Å². The molecule has 0 bridgehead atoms. The fourth-order valence-corrected chi connectivity index (χ4v) is 3.60. The van der Waals surface area contributed by atoms with Crippen molar-refractivity contribution < 1.29 is 23.9 Å². The molecule has 0 aromatic rings. The van der Waals surface area contributed by atoms with Crippen LogP contribution in [0.4, 0.5) is 9.59 Å². The fraction of sp³-hybridized carbons (Fsp3) is 0.870. The van der Waals surface area contributed by atoms with Crippen LogP contribution in [0, 0.1) is 5.92 Å². The van der Waals surface area contributed by atoms with Gasteiger partial charge >= 0.3 is 12.2 Å². The highest BCUT2D eigenvalue weighted by atomic mass is 16.6. The molecule has 0 aromatic carbocycles. The van der Waals surface area contributed by atoms with Gasteiger partial charge in [-0.1, -0.05) is 6.92 Å². The normalized spacial score (nSPS) is 25.3. The standard InChI is InChI=1S/C12H24N2O2.C11H20N2O3/c1-9-8-14(5)7-6-10(9)13-11(15)16-12(2,3)4;1-11(2,3)16-10(15)12-8-5-6-13(4)7-9(8)14/h9-10H,6-8H2,1-5H3,(H,13,15);8H,5-7H2,1-4H3,(H,12,15). The van der Waals surface area contributed by atoms with E-state index in [9.17, 15) is 14.4 Å². The van der Waals surface area contributed by atoms with Gasteiger partial charge in [0.25, 0.3) is 0 Å². The summed E-state index contributed by atoms with van der Waals surface area (Å²) in [4.78, 5) is 38.9. The number of ether oxygens (including phenoxy) is 2. The number of nitrogens with one attached hydrogen (secondary N) is 2. The summed E-state index contributed by atoms with van der Waals surface area (Å²) < 4.78 is 10.4. The van der Waals surface area contributed by atoms with E-state index in [1.54, 1.807) is 20.8 Å². The van der Waals surface area contributed by atoms with Crippen molar-refractivity contribution in [1.82, 2.24) is 20.4 Å². The Labute approximate surface area is 193 Å². The van der Waals surface area contributed by atoms with Crippen molar-refractivity contribution in [1.29, 1.82) is 0 Å². The maximum atomic E-state index is 11.6. The third kappa shape index (κ3) is 11.7. The first kappa shape index (κ1) is 28.2. The van der Waals surface area contributed by atoms with E-state index >= 15 is 0 Å². The van der Waals surface area contributed by atoms with Gasteiger partial charge in [-0.15, -0.1) is 0 Å². The minimum absolute atomic E-state index is 0.0413. The predicted molar refractivity (Wildman–Crippen MR) is 125 cm³/mol. The largest absolute Gasteiger partial charge is 0.444 e. The van der Waals surface area contributed by atoms with Crippen LogP contribution < -0.4 is 10.6 Å². The lowest BCUT2D eigenvalue weighted by Crippen LogP contribution is -2.51. The second kappa shape index (κ2) is 11.8. The first-order chi connectivity index (χ1) is 14.6. The number of likely N-dealkylation sites (tertiary alicyclic amines) is 2. The number of piperidine rings is 2. The zero-order valence-corrected chi connectivity index (χ0v) is 21.4. The molecule has 9 heteroatoms. The van der Waals surface area contributed by atoms with Crippen LogP contribution in [-0.4, -0.2) is 91.3 Å². The number of Topliss-reactive ketones (excluding diaryl/α,β-unsaturated/α-hetero) is 1. The SMILES string of the molecule is CC1CN(C)CCC1NC(=O)OC(C)(C)C.CN1CCC(NC(=O)OC(C)(C)C)C(=O)C1. The second-order valence-corrected chi connectivity index (χ2v) is 11.0. The Balaban J connectivity index is 0.000000320. The summed E-state index contributed by atoms with van der Waals surface area (Å²) in [6.45, 7) is 16.4. The number of rotatable bonds is 2. The molecular weight excluding hydrogens is 412 g/mol. The smallest absolute Gasteiger partial charge is 0.408 e. The average Bonchev–Trinajstić information content (AvgIpc) is 2.57. The van der Waals surface area contributed by atoms with E-state index in [4.69, 9.17) is 9.47 Å². The molecule has 0 saturated carbocycles. The van der Waals surface area contributed by atoms with Gasteiger partial charge in [-0.3, -0.25) is 9.69 Å². The number of likely N-dealkylation sites (N-methyl/N-ethyl adjacent to an activating group) is 1. The van der Waals surface area contributed by atoms with Crippen molar-refractivity contribution in [3.63, 3.8) is 0 Å². The van der Waals surface area contributed by atoms with Gasteiger partial charge in [0.1, 0.15) is 11.2 Å². The van der Waals surface area contributed by atoms with Crippen LogP contribution in [0.1, 0.15) is 61.3 Å². The maximum absolute atomic E-state index is 11.6. The Morgan fingerprint density at radius 2 is 1.38 bits per heavy atom. The molecule has 2 amide bonds. The van der Waals surface area contributed by atoms with E-state index in [-0.39, 0.29) is 17.9 Å². The van der Waals surface area contributed by atoms with Gasteiger partial charge in [-0.05, 0) is 80.9 Å². The third-order valence-electron chi connectivity index (χ3n) is 5.12. The summed E-state index contributed by atoms with van der Waals surface area (Å²) in [5.41, 5.74) is -0.947. The molecule has 186 valence electrons. The lowest BCUT2D eigenvalue weighted by atomic mass is 9.94. The highest BCUT2D eigenvalue weighted by Gasteiger charge is 2.29. The van der Waals surface area contributed by atoms with Crippen LogP contribution in [0.2, 0.25) is 0 Å². The number of carbonyl (C=O) groups is 3. The number of hydrogen-bond acceptors (Lipinski definition) is 7. The molecule has 2 fully saturated rings. The molecule has 2 saturated heterocycles. The number of alkyl carbamates (subject to hydrolysis) is 2. The van der Waals surface area contributed by atoms with Crippen LogP contribution >= 0.6 is 0 Å². The molecule has 0 aliphatic carbocycles. The minimum Gasteiger partial charge on any atom is -0.444 e. The molecule has 0 spiro atoms. The van der Waals surface area contributed by atoms with Crippen LogP contribution in [-0.2, 0) is 14.3 Å². The molecule has 0 aromatic heterocycles. The van der Waals surface area contributed by atoms with E-state index in [1.807, 2.05) is 32.7 Å². The molecule has 3 unspecified atom stereocenters. The average molecular weight is 457 g/mol.